The molecular formula is C35H45N3O5S. The number of benzene rings is 3. The normalized spacial score (nSPS) is 14.4. The van der Waals surface area contributed by atoms with Crippen molar-refractivity contribution in [3.8, 4) is 5.75 Å². The summed E-state index contributed by atoms with van der Waals surface area (Å²) in [7, 11) is -1.97. The largest absolute Gasteiger partial charge is 0.497 e. The number of rotatable bonds is 14. The lowest BCUT2D eigenvalue weighted by Gasteiger charge is -2.34. The van der Waals surface area contributed by atoms with Crippen LogP contribution in [0.1, 0.15) is 61.6 Å². The van der Waals surface area contributed by atoms with Crippen molar-refractivity contribution >= 4 is 27.5 Å². The van der Waals surface area contributed by atoms with Crippen LogP contribution in [0.2, 0.25) is 0 Å². The van der Waals surface area contributed by atoms with Crippen molar-refractivity contribution in [1.82, 2.24) is 10.2 Å². The molecule has 1 unspecified atom stereocenters. The third-order valence-corrected chi connectivity index (χ3v) is 9.35. The Kier molecular flexibility index (Phi) is 11.8. The van der Waals surface area contributed by atoms with Crippen molar-refractivity contribution in [2.75, 3.05) is 24.2 Å². The molecule has 0 saturated heterocycles. The van der Waals surface area contributed by atoms with Gasteiger partial charge in [0.2, 0.25) is 21.8 Å². The zero-order chi connectivity index (χ0) is 31.5. The van der Waals surface area contributed by atoms with Crippen LogP contribution in [0.4, 0.5) is 5.69 Å². The third kappa shape index (κ3) is 9.58. The van der Waals surface area contributed by atoms with Gasteiger partial charge in [-0.15, -0.1) is 0 Å². The SMILES string of the molecule is COc1cccc(CN(C(=O)CCCN(c2cccc(C)c2)S(C)(=O)=O)C(Cc2ccccc2)C(=O)NC2CCCCC2)c1. The van der Waals surface area contributed by atoms with E-state index >= 15 is 0 Å². The van der Waals surface area contributed by atoms with Gasteiger partial charge in [-0.05, 0) is 67.1 Å². The summed E-state index contributed by atoms with van der Waals surface area (Å²) in [6, 6.07) is 23.9. The van der Waals surface area contributed by atoms with Crippen molar-refractivity contribution in [3.63, 3.8) is 0 Å². The van der Waals surface area contributed by atoms with Crippen LogP contribution in [-0.2, 0) is 32.6 Å². The fourth-order valence-electron chi connectivity index (χ4n) is 5.85. The molecule has 0 radical (unpaired) electrons. The lowest BCUT2D eigenvalue weighted by Crippen LogP contribution is -2.52. The molecular weight excluding hydrogens is 574 g/mol. The summed E-state index contributed by atoms with van der Waals surface area (Å²) >= 11 is 0. The number of anilines is 1. The standard InChI is InChI=1S/C35H45N3O5S/c1-27-13-10-19-31(23-27)38(44(3,41)42)22-12-21-34(39)37(26-29-16-11-20-32(24-29)43-2)33(25-28-14-6-4-7-15-28)35(40)36-30-17-8-5-9-18-30/h4,6-7,10-11,13-16,19-20,23-24,30,33H,5,8-9,12,17-18,21-22,25-26H2,1-3H3,(H,36,40). The molecule has 0 heterocycles. The number of carbonyl (C=O) groups is 2. The van der Waals surface area contributed by atoms with E-state index in [1.54, 1.807) is 18.1 Å². The number of carbonyl (C=O) groups excluding carboxylic acids is 2. The van der Waals surface area contributed by atoms with E-state index in [0.29, 0.717) is 24.3 Å². The minimum atomic E-state index is -3.57. The van der Waals surface area contributed by atoms with Gasteiger partial charge in [0.1, 0.15) is 11.8 Å². The summed E-state index contributed by atoms with van der Waals surface area (Å²) in [5, 5.41) is 3.26. The van der Waals surface area contributed by atoms with Gasteiger partial charge in [-0.1, -0.05) is 73.9 Å². The number of methoxy groups -OCH3 is 1. The van der Waals surface area contributed by atoms with E-state index in [4.69, 9.17) is 4.74 Å². The highest BCUT2D eigenvalue weighted by molar-refractivity contribution is 7.92. The molecule has 3 aromatic carbocycles. The molecule has 1 aliphatic rings. The second kappa shape index (κ2) is 15.7. The molecule has 0 bridgehead atoms. The van der Waals surface area contributed by atoms with Crippen LogP contribution < -0.4 is 14.4 Å². The van der Waals surface area contributed by atoms with E-state index in [2.05, 4.69) is 5.32 Å². The van der Waals surface area contributed by atoms with Crippen molar-refractivity contribution in [2.24, 2.45) is 0 Å². The fraction of sp³-hybridized carbons (Fsp3) is 0.429. The van der Waals surface area contributed by atoms with Gasteiger partial charge in [-0.2, -0.15) is 0 Å². The molecule has 236 valence electrons. The molecule has 1 N–H and O–H groups in total. The average molecular weight is 620 g/mol. The number of nitrogens with zero attached hydrogens (tertiary/aromatic N) is 2. The molecule has 0 aliphatic heterocycles. The lowest BCUT2D eigenvalue weighted by atomic mass is 9.94. The van der Waals surface area contributed by atoms with Crippen LogP contribution in [0.15, 0.2) is 78.9 Å². The highest BCUT2D eigenvalue weighted by atomic mass is 32.2. The molecule has 9 heteroatoms. The van der Waals surface area contributed by atoms with E-state index in [1.807, 2.05) is 79.7 Å². The summed E-state index contributed by atoms with van der Waals surface area (Å²) in [6.45, 7) is 2.28. The van der Waals surface area contributed by atoms with Crippen molar-refractivity contribution in [1.29, 1.82) is 0 Å². The maximum atomic E-state index is 14.1. The van der Waals surface area contributed by atoms with E-state index in [-0.39, 0.29) is 37.4 Å². The number of nitrogens with one attached hydrogen (secondary N) is 1. The summed E-state index contributed by atoms with van der Waals surface area (Å²) in [5.74, 6) is 0.308. The van der Waals surface area contributed by atoms with Crippen LogP contribution >= 0.6 is 0 Å². The van der Waals surface area contributed by atoms with Gasteiger partial charge in [0.25, 0.3) is 0 Å². The molecule has 8 nitrogen and oxygen atoms in total. The minimum absolute atomic E-state index is 0.0871. The average Bonchev–Trinajstić information content (AvgIpc) is 3.01. The summed E-state index contributed by atoms with van der Waals surface area (Å²) < 4.78 is 32.2. The van der Waals surface area contributed by atoms with Gasteiger partial charge in [0.05, 0.1) is 19.1 Å². The second-order valence-electron chi connectivity index (χ2n) is 11.7. The van der Waals surface area contributed by atoms with E-state index in [1.165, 1.54) is 17.0 Å². The Morgan fingerprint density at radius 2 is 1.64 bits per heavy atom. The predicted molar refractivity (Wildman–Crippen MR) is 175 cm³/mol. The van der Waals surface area contributed by atoms with E-state index in [0.717, 1.165) is 42.4 Å². The third-order valence-electron chi connectivity index (χ3n) is 8.15. The van der Waals surface area contributed by atoms with Crippen LogP contribution in [-0.4, -0.2) is 57.1 Å². The molecule has 4 rings (SSSR count). The summed E-state index contributed by atoms with van der Waals surface area (Å²) in [4.78, 5) is 29.8. The van der Waals surface area contributed by atoms with Crippen molar-refractivity contribution in [3.05, 3.63) is 95.6 Å². The molecule has 44 heavy (non-hydrogen) atoms. The molecule has 1 saturated carbocycles. The van der Waals surface area contributed by atoms with Crippen LogP contribution in [0.25, 0.3) is 0 Å². The van der Waals surface area contributed by atoms with Gasteiger partial charge in [0.15, 0.2) is 0 Å². The Balaban J connectivity index is 1.60. The molecule has 0 aromatic heterocycles. The second-order valence-corrected chi connectivity index (χ2v) is 13.6. The monoisotopic (exact) mass is 619 g/mol. The zero-order valence-corrected chi connectivity index (χ0v) is 26.9. The number of hydrogen-bond donors (Lipinski definition) is 1. The Bertz CT molecular complexity index is 1490. The summed E-state index contributed by atoms with van der Waals surface area (Å²) in [5.41, 5.74) is 3.33. The predicted octanol–water partition coefficient (Wildman–Crippen LogP) is 5.64. The number of ether oxygens (including phenoxy) is 1. The first-order chi connectivity index (χ1) is 21.1. The maximum absolute atomic E-state index is 14.1. The van der Waals surface area contributed by atoms with Crippen molar-refractivity contribution < 1.29 is 22.7 Å². The first kappa shape index (κ1) is 33.1. The number of amides is 2. The van der Waals surface area contributed by atoms with Gasteiger partial charge in [0, 0.05) is 32.0 Å². The van der Waals surface area contributed by atoms with Crippen LogP contribution in [0.5, 0.6) is 5.75 Å². The minimum Gasteiger partial charge on any atom is -0.497 e. The molecule has 2 amide bonds. The fourth-order valence-corrected chi connectivity index (χ4v) is 6.81. The number of aryl methyl sites for hydroxylation is 1. The lowest BCUT2D eigenvalue weighted by molar-refractivity contribution is -0.141. The number of hydrogen-bond acceptors (Lipinski definition) is 5. The highest BCUT2D eigenvalue weighted by Gasteiger charge is 2.32. The van der Waals surface area contributed by atoms with E-state index < -0.39 is 16.1 Å². The quantitative estimate of drug-likeness (QED) is 0.252. The van der Waals surface area contributed by atoms with Gasteiger partial charge >= 0.3 is 0 Å². The Morgan fingerprint density at radius 3 is 2.32 bits per heavy atom. The molecule has 1 aliphatic carbocycles. The first-order valence-electron chi connectivity index (χ1n) is 15.4. The van der Waals surface area contributed by atoms with Crippen LogP contribution in [0.3, 0.4) is 0 Å². The Morgan fingerprint density at radius 1 is 0.932 bits per heavy atom. The molecule has 1 fully saturated rings. The van der Waals surface area contributed by atoms with E-state index in [9.17, 15) is 18.0 Å². The van der Waals surface area contributed by atoms with Gasteiger partial charge < -0.3 is 15.0 Å². The zero-order valence-electron chi connectivity index (χ0n) is 26.1. The van der Waals surface area contributed by atoms with Gasteiger partial charge in [-0.25, -0.2) is 8.42 Å². The topological polar surface area (TPSA) is 96.0 Å². The summed E-state index contributed by atoms with van der Waals surface area (Å²) in [6.07, 6.45) is 7.15. The molecule has 1 atom stereocenters. The molecule has 3 aromatic rings. The molecule has 0 spiro atoms. The Labute approximate surface area is 262 Å². The van der Waals surface area contributed by atoms with Crippen molar-refractivity contribution in [2.45, 2.75) is 76.9 Å². The number of sulfonamides is 1. The Hall–Kier alpha value is -3.85. The maximum Gasteiger partial charge on any atom is 0.243 e. The van der Waals surface area contributed by atoms with Gasteiger partial charge in [-0.3, -0.25) is 13.9 Å². The van der Waals surface area contributed by atoms with Crippen LogP contribution in [0, 0.1) is 6.92 Å². The highest BCUT2D eigenvalue weighted by Crippen LogP contribution is 2.23. The smallest absolute Gasteiger partial charge is 0.243 e. The first-order valence-corrected chi connectivity index (χ1v) is 17.3.